The van der Waals surface area contributed by atoms with Gasteiger partial charge in [0.05, 0.1) is 0 Å². The van der Waals surface area contributed by atoms with Crippen molar-refractivity contribution in [2.45, 2.75) is 30.2 Å². The second-order valence-electron chi connectivity index (χ2n) is 4.81. The fourth-order valence-corrected chi connectivity index (χ4v) is 6.05. The Hall–Kier alpha value is -0.606. The quantitative estimate of drug-likeness (QED) is 0.592. The van der Waals surface area contributed by atoms with E-state index < -0.39 is 17.4 Å². The average molecular weight is 313 g/mol. The van der Waals surface area contributed by atoms with Gasteiger partial charge in [0.15, 0.2) is 0 Å². The Labute approximate surface area is 127 Å². The van der Waals surface area contributed by atoms with E-state index in [1.165, 1.54) is 5.69 Å². The van der Waals surface area contributed by atoms with Gasteiger partial charge in [-0.15, -0.1) is 0 Å². The number of anilines is 1. The second-order valence-corrected chi connectivity index (χ2v) is 10.0. The molecule has 1 rings (SSSR count). The summed E-state index contributed by atoms with van der Waals surface area (Å²) >= 11 is -2.52. The van der Waals surface area contributed by atoms with Crippen molar-refractivity contribution < 1.29 is 24.0 Å². The first kappa shape index (κ1) is 17.4. The molecule has 112 valence electrons. The Kier molecular flexibility index (Phi) is 8.16. The molecule has 0 aliphatic rings. The van der Waals surface area contributed by atoms with Crippen LogP contribution >= 0.6 is 0 Å². The summed E-state index contributed by atoms with van der Waals surface area (Å²) in [5.74, 6) is 0. The molecule has 20 heavy (non-hydrogen) atoms. The van der Waals surface area contributed by atoms with Crippen LogP contribution in [0.4, 0.5) is 5.69 Å². The zero-order valence-corrected chi connectivity index (χ0v) is 14.5. The molecule has 0 bridgehead atoms. The van der Waals surface area contributed by atoms with E-state index in [1.807, 2.05) is 38.2 Å². The molecule has 0 spiro atoms. The summed E-state index contributed by atoms with van der Waals surface area (Å²) in [6.07, 6.45) is 2.96. The van der Waals surface area contributed by atoms with Crippen molar-refractivity contribution in [1.29, 1.82) is 0 Å². The Balaban J connectivity index is 2.50. The fourth-order valence-electron chi connectivity index (χ4n) is 2.31. The molecular formula is C16H27NO2Ti. The molecule has 0 saturated carbocycles. The van der Waals surface area contributed by atoms with Crippen LogP contribution in [0.25, 0.3) is 0 Å². The van der Waals surface area contributed by atoms with E-state index in [0.717, 1.165) is 30.9 Å². The van der Waals surface area contributed by atoms with Crippen LogP contribution in [0, 0.1) is 0 Å². The van der Waals surface area contributed by atoms with Crippen LogP contribution in [0.15, 0.2) is 43.1 Å². The minimum absolute atomic E-state index is 0.750. The van der Waals surface area contributed by atoms with Gasteiger partial charge in [-0.2, -0.15) is 0 Å². The maximum absolute atomic E-state index is 5.91. The summed E-state index contributed by atoms with van der Waals surface area (Å²) in [6.45, 7) is 10.4. The molecule has 3 nitrogen and oxygen atoms in total. The van der Waals surface area contributed by atoms with Crippen molar-refractivity contribution in [1.82, 2.24) is 0 Å². The molecule has 0 atom stereocenters. The van der Waals surface area contributed by atoms with Crippen molar-refractivity contribution in [2.24, 2.45) is 0 Å². The normalized spacial score (nSPS) is 11.3. The van der Waals surface area contributed by atoms with Gasteiger partial charge in [0.2, 0.25) is 0 Å². The second kappa shape index (κ2) is 9.35. The number of nitrogens with zero attached hydrogens (tertiary/aromatic N) is 1. The monoisotopic (exact) mass is 313 g/mol. The van der Waals surface area contributed by atoms with Gasteiger partial charge in [0, 0.05) is 0 Å². The predicted octanol–water partition coefficient (Wildman–Crippen LogP) is 4.55. The van der Waals surface area contributed by atoms with Gasteiger partial charge in [-0.25, -0.2) is 0 Å². The summed E-state index contributed by atoms with van der Waals surface area (Å²) in [7, 11) is 0. The Morgan fingerprint density at radius 2 is 1.75 bits per heavy atom. The van der Waals surface area contributed by atoms with E-state index in [2.05, 4.69) is 28.8 Å². The van der Waals surface area contributed by atoms with Crippen molar-refractivity contribution >= 4 is 5.69 Å². The Morgan fingerprint density at radius 1 is 1.15 bits per heavy atom. The van der Waals surface area contributed by atoms with E-state index in [4.69, 9.17) is 6.64 Å². The molecule has 0 aromatic heterocycles. The van der Waals surface area contributed by atoms with Gasteiger partial charge in [-0.1, -0.05) is 0 Å². The van der Waals surface area contributed by atoms with Gasteiger partial charge in [0.25, 0.3) is 0 Å². The molecule has 0 amide bonds. The van der Waals surface area contributed by atoms with E-state index in [-0.39, 0.29) is 0 Å². The van der Waals surface area contributed by atoms with Gasteiger partial charge in [-0.3, -0.25) is 0 Å². The van der Waals surface area contributed by atoms with Crippen LogP contribution in [-0.4, -0.2) is 19.8 Å². The van der Waals surface area contributed by atoms with E-state index >= 15 is 0 Å². The van der Waals surface area contributed by atoms with Gasteiger partial charge < -0.3 is 0 Å². The van der Waals surface area contributed by atoms with Crippen LogP contribution in [0.3, 0.4) is 0 Å². The van der Waals surface area contributed by atoms with Crippen molar-refractivity contribution in [2.75, 3.05) is 24.7 Å². The fraction of sp³-hybridized carbons (Fsp3) is 0.500. The summed E-state index contributed by atoms with van der Waals surface area (Å²) in [5.41, 5.74) is 1.18. The first-order chi connectivity index (χ1) is 9.65. The van der Waals surface area contributed by atoms with Crippen molar-refractivity contribution in [3.05, 3.63) is 43.1 Å². The van der Waals surface area contributed by atoms with Crippen LogP contribution in [0.1, 0.15) is 20.3 Å². The molecule has 1 aromatic carbocycles. The predicted molar refractivity (Wildman–Crippen MR) is 82.5 cm³/mol. The van der Waals surface area contributed by atoms with Crippen LogP contribution < -0.4 is 4.90 Å². The summed E-state index contributed by atoms with van der Waals surface area (Å²) < 4.78 is 12.9. The first-order valence-corrected chi connectivity index (χ1v) is 11.3. The molecule has 4 heteroatoms. The summed E-state index contributed by atoms with van der Waals surface area (Å²) in [6, 6.07) is 10.3. The maximum atomic E-state index is 5.91. The van der Waals surface area contributed by atoms with Gasteiger partial charge in [0.1, 0.15) is 0 Å². The summed E-state index contributed by atoms with van der Waals surface area (Å²) in [5, 5.41) is 2.20. The number of hydrogen-bond acceptors (Lipinski definition) is 3. The third kappa shape index (κ3) is 5.80. The molecule has 1 aromatic rings. The number of benzene rings is 1. The Bertz CT molecular complexity index is 377. The average Bonchev–Trinajstić information content (AvgIpc) is 2.45. The van der Waals surface area contributed by atoms with Gasteiger partial charge in [-0.05, 0) is 0 Å². The zero-order valence-electron chi connectivity index (χ0n) is 13.0. The molecule has 0 radical (unpaired) electrons. The van der Waals surface area contributed by atoms with Crippen molar-refractivity contribution in [3.63, 3.8) is 0 Å². The number of rotatable bonds is 10. The molecule has 0 heterocycles. The molecule has 0 aliphatic heterocycles. The van der Waals surface area contributed by atoms with E-state index in [1.54, 1.807) is 0 Å². The van der Waals surface area contributed by atoms with E-state index in [9.17, 15) is 0 Å². The molecule has 0 fully saturated rings. The van der Waals surface area contributed by atoms with Gasteiger partial charge >= 0.3 is 128 Å². The number of hydrogen-bond donors (Lipinski definition) is 0. The third-order valence-corrected chi connectivity index (χ3v) is 8.02. The first-order valence-electron chi connectivity index (χ1n) is 7.37. The molecule has 0 aliphatic carbocycles. The third-order valence-electron chi connectivity index (χ3n) is 3.24. The standard InChI is InChI=1S/C11H14N.2C2H5O.CH3.Ti/c1-3-10-12(4-2)11-8-6-5-7-9-11;2*1-2-3;;/h4-9H,1-3,10H2;2*2H2,1H3;1H3;/q;2*-1;;+2. The van der Waals surface area contributed by atoms with Crippen molar-refractivity contribution in [3.8, 4) is 0 Å². The van der Waals surface area contributed by atoms with Crippen LogP contribution in [0.5, 0.6) is 0 Å². The summed E-state index contributed by atoms with van der Waals surface area (Å²) in [4.78, 5) is 2.18. The van der Waals surface area contributed by atoms with E-state index in [0.29, 0.717) is 0 Å². The molecule has 0 saturated heterocycles. The zero-order chi connectivity index (χ0) is 14.8. The van der Waals surface area contributed by atoms with Crippen LogP contribution in [-0.2, 0) is 24.0 Å². The molecule has 0 unspecified atom stereocenters. The Morgan fingerprint density at radius 3 is 2.25 bits per heavy atom. The van der Waals surface area contributed by atoms with Crippen LogP contribution in [0.2, 0.25) is 9.95 Å². The molecular weight excluding hydrogens is 286 g/mol. The number of para-hydroxylation sites is 1. The topological polar surface area (TPSA) is 21.7 Å². The minimum atomic E-state index is -2.52. The molecule has 0 N–H and O–H groups in total. The SMILES string of the molecule is C=CN(CC[CH2][Ti]([CH3])([O]CC)[O]CC)c1ccccc1.